The molecule has 0 bridgehead atoms. The van der Waals surface area contributed by atoms with Gasteiger partial charge in [0.15, 0.2) is 0 Å². The number of amides is 2. The van der Waals surface area contributed by atoms with Gasteiger partial charge in [-0.05, 0) is 51.3 Å². The second kappa shape index (κ2) is 9.28. The first-order valence-electron chi connectivity index (χ1n) is 11.0. The molecule has 172 valence electrons. The number of pyridine rings is 1. The molecule has 2 atom stereocenters. The zero-order valence-electron chi connectivity index (χ0n) is 19.9. The molecular formula is C25H34N4O3. The van der Waals surface area contributed by atoms with Crippen LogP contribution in [0.1, 0.15) is 51.4 Å². The van der Waals surface area contributed by atoms with Crippen LogP contribution >= 0.6 is 0 Å². The first-order valence-corrected chi connectivity index (χ1v) is 11.0. The Labute approximate surface area is 190 Å². The monoisotopic (exact) mass is 438 g/mol. The van der Waals surface area contributed by atoms with Gasteiger partial charge in [-0.15, -0.1) is 0 Å². The summed E-state index contributed by atoms with van der Waals surface area (Å²) < 4.78 is 5.63. The second-order valence-corrected chi connectivity index (χ2v) is 9.68. The third kappa shape index (κ3) is 5.65. The topological polar surface area (TPSA) is 83.6 Å². The lowest BCUT2D eigenvalue weighted by Crippen LogP contribution is -2.49. The lowest BCUT2D eigenvalue weighted by molar-refractivity contribution is -0.114. The molecule has 1 aromatic carbocycles. The lowest BCUT2D eigenvalue weighted by atomic mass is 9.84. The van der Waals surface area contributed by atoms with Crippen LogP contribution < -0.4 is 10.6 Å². The Balaban J connectivity index is 1.93. The molecular weight excluding hydrogens is 404 g/mol. The fraction of sp³-hybridized carbons (Fsp3) is 0.480. The molecule has 32 heavy (non-hydrogen) atoms. The van der Waals surface area contributed by atoms with Gasteiger partial charge in [-0.1, -0.05) is 36.8 Å². The van der Waals surface area contributed by atoms with Crippen LogP contribution in [-0.2, 0) is 21.6 Å². The lowest BCUT2D eigenvalue weighted by Gasteiger charge is -2.34. The normalized spacial score (nSPS) is 20.8. The maximum Gasteiger partial charge on any atom is 0.410 e. The molecule has 2 amide bonds. The average molecular weight is 439 g/mol. The Bertz CT molecular complexity index is 968. The zero-order chi connectivity index (χ0) is 23.5. The van der Waals surface area contributed by atoms with Crippen molar-refractivity contribution < 1.29 is 14.3 Å². The highest BCUT2D eigenvalue weighted by atomic mass is 16.6. The van der Waals surface area contributed by atoms with Gasteiger partial charge in [0.25, 0.3) is 0 Å². The van der Waals surface area contributed by atoms with E-state index in [0.29, 0.717) is 25.3 Å². The van der Waals surface area contributed by atoms with Crippen molar-refractivity contribution >= 4 is 17.7 Å². The van der Waals surface area contributed by atoms with Crippen molar-refractivity contribution in [2.75, 3.05) is 18.4 Å². The summed E-state index contributed by atoms with van der Waals surface area (Å²) in [4.78, 5) is 30.8. The molecule has 3 rings (SSSR count). The highest BCUT2D eigenvalue weighted by Crippen LogP contribution is 2.38. The zero-order valence-corrected chi connectivity index (χ0v) is 19.9. The summed E-state index contributed by atoms with van der Waals surface area (Å²) >= 11 is 0. The molecule has 2 N–H and O–H groups in total. The second-order valence-electron chi connectivity index (χ2n) is 9.68. The maximum absolute atomic E-state index is 12.8. The number of carbonyl (C=O) groups is 2. The highest BCUT2D eigenvalue weighted by molar-refractivity contribution is 5.88. The molecule has 0 spiro atoms. The Morgan fingerprint density at radius 2 is 1.91 bits per heavy atom. The van der Waals surface area contributed by atoms with Crippen molar-refractivity contribution in [1.29, 1.82) is 0 Å². The predicted molar refractivity (Wildman–Crippen MR) is 125 cm³/mol. The van der Waals surface area contributed by atoms with Crippen LogP contribution in [0.4, 0.5) is 10.5 Å². The number of anilines is 1. The van der Waals surface area contributed by atoms with Crippen LogP contribution in [0.25, 0.3) is 0 Å². The van der Waals surface area contributed by atoms with E-state index in [9.17, 15) is 9.59 Å². The quantitative estimate of drug-likeness (QED) is 0.730. The number of likely N-dealkylation sites (tertiary alicyclic amines) is 1. The van der Waals surface area contributed by atoms with E-state index in [2.05, 4.69) is 53.7 Å². The van der Waals surface area contributed by atoms with Crippen molar-refractivity contribution in [2.24, 2.45) is 5.92 Å². The fourth-order valence-corrected chi connectivity index (χ4v) is 4.05. The van der Waals surface area contributed by atoms with Crippen LogP contribution in [0.3, 0.4) is 0 Å². The molecule has 2 aromatic rings. The molecule has 1 fully saturated rings. The molecule has 1 saturated heterocycles. The van der Waals surface area contributed by atoms with Gasteiger partial charge in [0.05, 0.1) is 11.2 Å². The van der Waals surface area contributed by atoms with Crippen LogP contribution in [0.5, 0.6) is 0 Å². The van der Waals surface area contributed by atoms with E-state index in [1.807, 2.05) is 26.8 Å². The minimum Gasteiger partial charge on any atom is -0.444 e. The van der Waals surface area contributed by atoms with E-state index in [1.54, 1.807) is 17.2 Å². The first kappa shape index (κ1) is 23.7. The molecule has 0 radical (unpaired) electrons. The molecule has 1 aliphatic heterocycles. The van der Waals surface area contributed by atoms with E-state index < -0.39 is 11.1 Å². The number of benzene rings is 1. The van der Waals surface area contributed by atoms with Gasteiger partial charge in [-0.2, -0.15) is 0 Å². The van der Waals surface area contributed by atoms with Gasteiger partial charge < -0.3 is 20.3 Å². The number of nitrogens with one attached hydrogen (secondary N) is 2. The van der Waals surface area contributed by atoms with Gasteiger partial charge in [0.1, 0.15) is 5.60 Å². The van der Waals surface area contributed by atoms with Crippen LogP contribution in [0.2, 0.25) is 0 Å². The smallest absolute Gasteiger partial charge is 0.410 e. The van der Waals surface area contributed by atoms with E-state index >= 15 is 0 Å². The van der Waals surface area contributed by atoms with Gasteiger partial charge in [-0.3, -0.25) is 9.78 Å². The van der Waals surface area contributed by atoms with Crippen molar-refractivity contribution in [3.05, 3.63) is 59.4 Å². The molecule has 2 unspecified atom stereocenters. The molecule has 1 aromatic heterocycles. The summed E-state index contributed by atoms with van der Waals surface area (Å²) in [6, 6.07) is 12.0. The predicted octanol–water partition coefficient (Wildman–Crippen LogP) is 4.22. The Morgan fingerprint density at radius 3 is 2.53 bits per heavy atom. The molecule has 2 heterocycles. The number of ether oxygens (including phenoxy) is 1. The number of rotatable bonds is 5. The number of aryl methyl sites for hydroxylation is 1. The number of nitrogens with zero attached hydrogens (tertiary/aromatic N) is 2. The summed E-state index contributed by atoms with van der Waals surface area (Å²) in [6.07, 6.45) is 1.36. The number of hydrogen-bond donors (Lipinski definition) is 2. The number of hydrogen-bond acceptors (Lipinski definition) is 5. The number of carbonyl (C=O) groups excluding carboxylic acids is 2. The summed E-state index contributed by atoms with van der Waals surface area (Å²) in [5.41, 5.74) is 2.67. The Kier molecular flexibility index (Phi) is 6.88. The van der Waals surface area contributed by atoms with Crippen molar-refractivity contribution in [3.63, 3.8) is 0 Å². The summed E-state index contributed by atoms with van der Waals surface area (Å²) in [5.74, 6) is -0.0702. The van der Waals surface area contributed by atoms with Crippen LogP contribution in [0, 0.1) is 12.8 Å². The average Bonchev–Trinajstić information content (AvgIpc) is 3.04. The minimum absolute atomic E-state index is 0.0699. The largest absolute Gasteiger partial charge is 0.444 e. The van der Waals surface area contributed by atoms with Crippen molar-refractivity contribution in [1.82, 2.24) is 15.2 Å². The Morgan fingerprint density at radius 1 is 1.22 bits per heavy atom. The highest BCUT2D eigenvalue weighted by Gasteiger charge is 2.48. The van der Waals surface area contributed by atoms with E-state index in [-0.39, 0.29) is 17.9 Å². The summed E-state index contributed by atoms with van der Waals surface area (Å²) in [7, 11) is 0. The summed E-state index contributed by atoms with van der Waals surface area (Å²) in [6.45, 7) is 12.8. The Hall–Kier alpha value is -2.93. The fourth-order valence-electron chi connectivity index (χ4n) is 4.05. The van der Waals surface area contributed by atoms with Gasteiger partial charge in [0.2, 0.25) is 5.91 Å². The third-order valence-corrected chi connectivity index (χ3v) is 5.69. The van der Waals surface area contributed by atoms with Crippen molar-refractivity contribution in [3.8, 4) is 0 Å². The van der Waals surface area contributed by atoms with Crippen LogP contribution in [0.15, 0.2) is 42.6 Å². The molecule has 1 aliphatic rings. The van der Waals surface area contributed by atoms with Crippen molar-refractivity contribution in [2.45, 2.75) is 59.2 Å². The van der Waals surface area contributed by atoms with E-state index in [0.717, 1.165) is 11.3 Å². The van der Waals surface area contributed by atoms with Crippen LogP contribution in [-0.4, -0.2) is 40.6 Å². The SMILES string of the molecule is CC(=O)Nc1ccnc(C2(NCc3ccc(C)cc3)CN(C(=O)OC(C)(C)C)CC2C)c1. The van der Waals surface area contributed by atoms with Gasteiger partial charge in [0, 0.05) is 38.4 Å². The van der Waals surface area contributed by atoms with E-state index in [4.69, 9.17) is 4.74 Å². The minimum atomic E-state index is -0.587. The van der Waals surface area contributed by atoms with E-state index in [1.165, 1.54) is 12.5 Å². The molecule has 0 saturated carbocycles. The molecule has 7 nitrogen and oxygen atoms in total. The first-order chi connectivity index (χ1) is 15.0. The molecule has 0 aliphatic carbocycles. The number of aromatic nitrogens is 1. The maximum atomic E-state index is 12.8. The standard InChI is InChI=1S/C25H34N4O3/c1-17-7-9-20(10-8-17)14-27-25(22-13-21(11-12-26-22)28-19(3)30)16-29(15-18(25)2)23(31)32-24(4,5)6/h7-13,18,27H,14-16H2,1-6H3,(H,26,28,30). The van der Waals surface area contributed by atoms with Gasteiger partial charge in [-0.25, -0.2) is 4.79 Å². The molecule has 7 heteroatoms. The third-order valence-electron chi connectivity index (χ3n) is 5.69. The summed E-state index contributed by atoms with van der Waals surface area (Å²) in [5, 5.41) is 6.53. The van der Waals surface area contributed by atoms with Gasteiger partial charge >= 0.3 is 6.09 Å².